The van der Waals surface area contributed by atoms with Gasteiger partial charge in [-0.2, -0.15) is 0 Å². The maximum atomic E-state index is 12.6. The van der Waals surface area contributed by atoms with Gasteiger partial charge < -0.3 is 9.42 Å². The van der Waals surface area contributed by atoms with Gasteiger partial charge >= 0.3 is 0 Å². The Morgan fingerprint density at radius 3 is 3.15 bits per heavy atom. The minimum atomic E-state index is -0.0520. The van der Waals surface area contributed by atoms with Crippen LogP contribution >= 0.6 is 0 Å². The Morgan fingerprint density at radius 2 is 2.35 bits per heavy atom. The van der Waals surface area contributed by atoms with Crippen molar-refractivity contribution in [3.05, 3.63) is 41.3 Å². The van der Waals surface area contributed by atoms with E-state index in [4.69, 9.17) is 4.52 Å². The van der Waals surface area contributed by atoms with Crippen LogP contribution in [0.2, 0.25) is 0 Å². The first-order valence-corrected chi connectivity index (χ1v) is 6.79. The fourth-order valence-corrected chi connectivity index (χ4v) is 3.33. The molecular weight excluding hydrogens is 256 g/mol. The summed E-state index contributed by atoms with van der Waals surface area (Å²) in [7, 11) is 0. The first-order chi connectivity index (χ1) is 9.74. The molecule has 0 N–H and O–H groups in total. The highest BCUT2D eigenvalue weighted by molar-refractivity contribution is 5.93. The summed E-state index contributed by atoms with van der Waals surface area (Å²) in [5.41, 5.74) is 2.54. The number of hydrogen-bond donors (Lipinski definition) is 0. The maximum absolute atomic E-state index is 12.6. The third kappa shape index (κ3) is 1.57. The van der Waals surface area contributed by atoms with Gasteiger partial charge in [-0.05, 0) is 19.8 Å². The first kappa shape index (κ1) is 11.6. The lowest BCUT2D eigenvalue weighted by molar-refractivity contribution is 0.0633. The normalized spacial score (nSPS) is 23.8. The van der Waals surface area contributed by atoms with Crippen LogP contribution in [0, 0.1) is 6.92 Å². The summed E-state index contributed by atoms with van der Waals surface area (Å²) in [5, 5.41) is 3.85. The molecule has 2 atom stereocenters. The van der Waals surface area contributed by atoms with Crippen LogP contribution in [0.5, 0.6) is 0 Å². The van der Waals surface area contributed by atoms with Crippen LogP contribution in [0.3, 0.4) is 0 Å². The number of carbonyl (C=O) groups is 1. The van der Waals surface area contributed by atoms with Gasteiger partial charge in [-0.1, -0.05) is 5.16 Å². The number of amides is 1. The predicted octanol–water partition coefficient (Wildman–Crippen LogP) is 1.68. The third-order valence-corrected chi connectivity index (χ3v) is 4.20. The molecule has 4 rings (SSSR count). The lowest BCUT2D eigenvalue weighted by Gasteiger charge is -2.34. The second kappa shape index (κ2) is 4.13. The molecule has 2 aromatic heterocycles. The van der Waals surface area contributed by atoms with E-state index in [1.54, 1.807) is 19.3 Å². The van der Waals surface area contributed by atoms with E-state index in [2.05, 4.69) is 15.1 Å². The zero-order valence-corrected chi connectivity index (χ0v) is 11.1. The number of carbonyl (C=O) groups excluding carboxylic acids is 1. The molecule has 1 saturated heterocycles. The predicted molar refractivity (Wildman–Crippen MR) is 68.9 cm³/mol. The van der Waals surface area contributed by atoms with E-state index in [1.165, 1.54) is 0 Å². The summed E-state index contributed by atoms with van der Waals surface area (Å²) in [5.74, 6) is 0.602. The molecule has 1 amide bonds. The SMILES string of the molecule is Cc1cc(C(=O)N2C3CCC2c2cncnc2C3)no1. The Balaban J connectivity index is 1.73. The molecule has 102 valence electrons. The van der Waals surface area contributed by atoms with Crippen LogP contribution in [-0.2, 0) is 6.42 Å². The molecule has 0 spiro atoms. The first-order valence-electron chi connectivity index (χ1n) is 6.79. The molecule has 2 aromatic rings. The van der Waals surface area contributed by atoms with Gasteiger partial charge in [0.2, 0.25) is 0 Å². The second-order valence-corrected chi connectivity index (χ2v) is 5.41. The van der Waals surface area contributed by atoms with Gasteiger partial charge in [0.05, 0.1) is 11.7 Å². The van der Waals surface area contributed by atoms with Crippen molar-refractivity contribution in [2.24, 2.45) is 0 Å². The average Bonchev–Trinajstić information content (AvgIpc) is 3.02. The number of nitrogens with zero attached hydrogens (tertiary/aromatic N) is 4. The molecule has 2 aliphatic heterocycles. The van der Waals surface area contributed by atoms with Gasteiger partial charge in [0, 0.05) is 30.3 Å². The summed E-state index contributed by atoms with van der Waals surface area (Å²) >= 11 is 0. The Labute approximate surface area is 115 Å². The molecule has 0 aromatic carbocycles. The summed E-state index contributed by atoms with van der Waals surface area (Å²) in [6, 6.07) is 1.99. The largest absolute Gasteiger partial charge is 0.361 e. The van der Waals surface area contributed by atoms with E-state index in [1.807, 2.05) is 11.1 Å². The fraction of sp³-hybridized carbons (Fsp3) is 0.429. The standard InChI is InChI=1S/C14H14N4O2/c1-8-4-12(17-20-8)14(19)18-9-2-3-13(18)10-6-15-7-16-11(10)5-9/h4,6-7,9,13H,2-3,5H2,1H3. The molecule has 0 saturated carbocycles. The minimum absolute atomic E-state index is 0.0520. The highest BCUT2D eigenvalue weighted by Gasteiger charge is 2.44. The Hall–Kier alpha value is -2.24. The van der Waals surface area contributed by atoms with Crippen LogP contribution in [0.15, 0.2) is 23.1 Å². The molecule has 6 heteroatoms. The minimum Gasteiger partial charge on any atom is -0.361 e. The fourth-order valence-electron chi connectivity index (χ4n) is 3.33. The summed E-state index contributed by atoms with van der Waals surface area (Å²) in [4.78, 5) is 23.0. The van der Waals surface area contributed by atoms with Gasteiger partial charge in [0.1, 0.15) is 12.1 Å². The molecule has 1 fully saturated rings. The van der Waals surface area contributed by atoms with Gasteiger partial charge in [-0.3, -0.25) is 4.79 Å². The van der Waals surface area contributed by atoms with E-state index in [0.717, 1.165) is 30.5 Å². The van der Waals surface area contributed by atoms with Gasteiger partial charge in [0.25, 0.3) is 5.91 Å². The van der Waals surface area contributed by atoms with Gasteiger partial charge in [0.15, 0.2) is 5.69 Å². The third-order valence-electron chi connectivity index (χ3n) is 4.20. The Kier molecular flexibility index (Phi) is 2.39. The molecule has 2 aliphatic rings. The molecular formula is C14H14N4O2. The van der Waals surface area contributed by atoms with Crippen LogP contribution in [0.1, 0.15) is 46.4 Å². The van der Waals surface area contributed by atoms with E-state index in [0.29, 0.717) is 11.5 Å². The highest BCUT2D eigenvalue weighted by Crippen LogP contribution is 2.43. The van der Waals surface area contributed by atoms with Crippen LogP contribution in [0.4, 0.5) is 0 Å². The van der Waals surface area contributed by atoms with Crippen molar-refractivity contribution in [3.63, 3.8) is 0 Å². The van der Waals surface area contributed by atoms with Crippen molar-refractivity contribution in [2.45, 2.75) is 38.3 Å². The zero-order valence-electron chi connectivity index (χ0n) is 11.1. The van der Waals surface area contributed by atoms with Gasteiger partial charge in [-0.15, -0.1) is 0 Å². The highest BCUT2D eigenvalue weighted by atomic mass is 16.5. The number of aryl methyl sites for hydroxylation is 1. The van der Waals surface area contributed by atoms with E-state index in [-0.39, 0.29) is 18.0 Å². The molecule has 0 radical (unpaired) electrons. The second-order valence-electron chi connectivity index (χ2n) is 5.41. The lowest BCUT2D eigenvalue weighted by Crippen LogP contribution is -2.42. The Morgan fingerprint density at radius 1 is 1.45 bits per heavy atom. The number of rotatable bonds is 1. The maximum Gasteiger partial charge on any atom is 0.276 e. The number of aromatic nitrogens is 3. The zero-order chi connectivity index (χ0) is 13.7. The van der Waals surface area contributed by atoms with Crippen LogP contribution in [0.25, 0.3) is 0 Å². The summed E-state index contributed by atoms with van der Waals surface area (Å²) < 4.78 is 5.01. The van der Waals surface area contributed by atoms with E-state index < -0.39 is 0 Å². The van der Waals surface area contributed by atoms with E-state index in [9.17, 15) is 4.79 Å². The summed E-state index contributed by atoms with van der Waals surface area (Å²) in [6.45, 7) is 1.79. The van der Waals surface area contributed by atoms with Crippen LogP contribution < -0.4 is 0 Å². The lowest BCUT2D eigenvalue weighted by atomic mass is 9.99. The summed E-state index contributed by atoms with van der Waals surface area (Å²) in [6.07, 6.45) is 6.19. The van der Waals surface area contributed by atoms with Crippen molar-refractivity contribution < 1.29 is 9.32 Å². The number of hydrogen-bond acceptors (Lipinski definition) is 5. The Bertz CT molecular complexity index is 681. The molecule has 20 heavy (non-hydrogen) atoms. The monoisotopic (exact) mass is 270 g/mol. The van der Waals surface area contributed by atoms with Crippen molar-refractivity contribution >= 4 is 5.91 Å². The topological polar surface area (TPSA) is 72.1 Å². The van der Waals surface area contributed by atoms with Gasteiger partial charge in [-0.25, -0.2) is 9.97 Å². The quantitative estimate of drug-likeness (QED) is 0.788. The van der Waals surface area contributed by atoms with E-state index >= 15 is 0 Å². The molecule has 6 nitrogen and oxygen atoms in total. The molecule has 0 aliphatic carbocycles. The van der Waals surface area contributed by atoms with Crippen LogP contribution in [-0.4, -0.2) is 32.0 Å². The van der Waals surface area contributed by atoms with Crippen molar-refractivity contribution in [3.8, 4) is 0 Å². The molecule has 2 bridgehead atoms. The average molecular weight is 270 g/mol. The number of fused-ring (bicyclic) bond motifs is 4. The van der Waals surface area contributed by atoms with Crippen molar-refractivity contribution in [1.29, 1.82) is 0 Å². The molecule has 4 heterocycles. The smallest absolute Gasteiger partial charge is 0.276 e. The molecule has 2 unspecified atom stereocenters. The van der Waals surface area contributed by atoms with Crippen molar-refractivity contribution in [2.75, 3.05) is 0 Å². The van der Waals surface area contributed by atoms with Crippen molar-refractivity contribution in [1.82, 2.24) is 20.0 Å².